The zero-order chi connectivity index (χ0) is 13.2. The molecule has 2 N–H and O–H groups in total. The van der Waals surface area contributed by atoms with E-state index in [0.29, 0.717) is 10.3 Å². The van der Waals surface area contributed by atoms with Crippen molar-refractivity contribution in [1.29, 1.82) is 0 Å². The highest BCUT2D eigenvalue weighted by Crippen LogP contribution is 2.27. The van der Waals surface area contributed by atoms with Gasteiger partial charge in [0.1, 0.15) is 11.3 Å². The minimum atomic E-state index is -0.325. The van der Waals surface area contributed by atoms with Gasteiger partial charge >= 0.3 is 4.94 Å². The number of hydrogen-bond acceptors (Lipinski definition) is 6. The Labute approximate surface area is 114 Å². The highest BCUT2D eigenvalue weighted by Gasteiger charge is 2.12. The molecule has 0 unspecified atom stereocenters. The number of rotatable bonds is 3. The predicted octanol–water partition coefficient (Wildman–Crippen LogP) is 1.01. The van der Waals surface area contributed by atoms with E-state index < -0.39 is 0 Å². The summed E-state index contributed by atoms with van der Waals surface area (Å²) in [6, 6.07) is 3.41. The van der Waals surface area contributed by atoms with Gasteiger partial charge in [-0.15, -0.1) is 0 Å². The van der Waals surface area contributed by atoms with Gasteiger partial charge < -0.3 is 19.7 Å². The van der Waals surface area contributed by atoms with Crippen LogP contribution < -0.4 is 10.3 Å². The van der Waals surface area contributed by atoms with E-state index in [9.17, 15) is 9.90 Å². The van der Waals surface area contributed by atoms with Crippen LogP contribution in [-0.2, 0) is 6.42 Å². The summed E-state index contributed by atoms with van der Waals surface area (Å²) in [5.74, 6) is 0.250. The number of piperazine rings is 1. The van der Waals surface area contributed by atoms with Crippen LogP contribution in [0.2, 0.25) is 0 Å². The molecule has 1 aromatic heterocycles. The van der Waals surface area contributed by atoms with Crippen molar-refractivity contribution in [3.63, 3.8) is 0 Å². The third-order valence-corrected chi connectivity index (χ3v) is 4.23. The number of aromatic hydroxyl groups is 1. The van der Waals surface area contributed by atoms with Gasteiger partial charge in [0.15, 0.2) is 0 Å². The molecule has 1 fully saturated rings. The molecule has 1 aromatic carbocycles. The van der Waals surface area contributed by atoms with Crippen LogP contribution in [-0.4, -0.2) is 42.7 Å². The van der Waals surface area contributed by atoms with E-state index in [1.165, 1.54) is 0 Å². The van der Waals surface area contributed by atoms with E-state index in [1.54, 1.807) is 12.1 Å². The Morgan fingerprint density at radius 1 is 1.37 bits per heavy atom. The molecule has 1 saturated heterocycles. The quantitative estimate of drug-likeness (QED) is 0.878. The standard InChI is InChI=1S/C13H16N2O3S/c16-10-8-12-11(18-13(17)19-12)7-9(10)1-4-15-5-2-14-3-6-15/h7-8,14,16H,1-6H2. The van der Waals surface area contributed by atoms with Gasteiger partial charge in [-0.3, -0.25) is 0 Å². The number of phenolic OH excluding ortho intramolecular Hbond substituents is 1. The van der Waals surface area contributed by atoms with E-state index >= 15 is 0 Å². The van der Waals surface area contributed by atoms with Crippen molar-refractivity contribution in [2.45, 2.75) is 6.42 Å². The summed E-state index contributed by atoms with van der Waals surface area (Å²) >= 11 is 1.02. The van der Waals surface area contributed by atoms with E-state index in [2.05, 4.69) is 10.2 Å². The van der Waals surface area contributed by atoms with Crippen molar-refractivity contribution >= 4 is 21.6 Å². The van der Waals surface area contributed by atoms with E-state index in [0.717, 1.165) is 56.0 Å². The van der Waals surface area contributed by atoms with Gasteiger partial charge in [0, 0.05) is 38.8 Å². The van der Waals surface area contributed by atoms with Crippen molar-refractivity contribution in [3.05, 3.63) is 27.4 Å². The molecule has 102 valence electrons. The maximum Gasteiger partial charge on any atom is 0.396 e. The third-order valence-electron chi connectivity index (χ3n) is 3.44. The Morgan fingerprint density at radius 3 is 2.95 bits per heavy atom. The second kappa shape index (κ2) is 5.32. The summed E-state index contributed by atoms with van der Waals surface area (Å²) in [6.07, 6.45) is 0.765. The van der Waals surface area contributed by atoms with Crippen LogP contribution in [0.25, 0.3) is 10.3 Å². The van der Waals surface area contributed by atoms with Crippen molar-refractivity contribution in [1.82, 2.24) is 10.2 Å². The van der Waals surface area contributed by atoms with Crippen molar-refractivity contribution in [2.24, 2.45) is 0 Å². The number of phenols is 1. The van der Waals surface area contributed by atoms with Gasteiger partial charge in [-0.1, -0.05) is 11.3 Å². The first kappa shape index (κ1) is 12.7. The third kappa shape index (κ3) is 2.80. The highest BCUT2D eigenvalue weighted by atomic mass is 32.1. The second-order valence-corrected chi connectivity index (χ2v) is 5.70. The zero-order valence-corrected chi connectivity index (χ0v) is 11.3. The molecular weight excluding hydrogens is 264 g/mol. The molecule has 1 aliphatic heterocycles. The second-order valence-electron chi connectivity index (χ2n) is 4.72. The topological polar surface area (TPSA) is 65.7 Å². The molecule has 3 rings (SSSR count). The van der Waals surface area contributed by atoms with Crippen molar-refractivity contribution in [2.75, 3.05) is 32.7 Å². The normalized spacial score (nSPS) is 17.1. The van der Waals surface area contributed by atoms with Crippen LogP contribution in [0.3, 0.4) is 0 Å². The Balaban J connectivity index is 1.76. The number of nitrogens with zero attached hydrogens (tertiary/aromatic N) is 1. The minimum absolute atomic E-state index is 0.250. The maximum atomic E-state index is 11.2. The van der Waals surface area contributed by atoms with Gasteiger partial charge in [-0.2, -0.15) is 0 Å². The Kier molecular flexibility index (Phi) is 3.54. The molecule has 0 aliphatic carbocycles. The van der Waals surface area contributed by atoms with Crippen LogP contribution in [0.4, 0.5) is 0 Å². The van der Waals surface area contributed by atoms with Crippen LogP contribution in [0, 0.1) is 0 Å². The molecule has 19 heavy (non-hydrogen) atoms. The van der Waals surface area contributed by atoms with E-state index in [-0.39, 0.29) is 10.7 Å². The summed E-state index contributed by atoms with van der Waals surface area (Å²) in [6.45, 7) is 5.02. The molecule has 2 aromatic rings. The number of benzene rings is 1. The largest absolute Gasteiger partial charge is 0.508 e. The number of hydrogen-bond donors (Lipinski definition) is 2. The lowest BCUT2D eigenvalue weighted by Crippen LogP contribution is -2.44. The summed E-state index contributed by atoms with van der Waals surface area (Å²) < 4.78 is 5.79. The average Bonchev–Trinajstić information content (AvgIpc) is 2.76. The molecule has 0 atom stereocenters. The highest BCUT2D eigenvalue weighted by molar-refractivity contribution is 7.16. The Hall–Kier alpha value is -1.37. The molecular formula is C13H16N2O3S. The van der Waals surface area contributed by atoms with Gasteiger partial charge in [0.05, 0.1) is 4.70 Å². The van der Waals surface area contributed by atoms with E-state index in [1.807, 2.05) is 0 Å². The fourth-order valence-corrected chi connectivity index (χ4v) is 3.05. The lowest BCUT2D eigenvalue weighted by molar-refractivity contribution is 0.243. The predicted molar refractivity (Wildman–Crippen MR) is 75.0 cm³/mol. The molecule has 6 heteroatoms. The van der Waals surface area contributed by atoms with Crippen LogP contribution in [0.1, 0.15) is 5.56 Å². The molecule has 2 heterocycles. The summed E-state index contributed by atoms with van der Waals surface area (Å²) in [5, 5.41) is 13.3. The number of nitrogens with one attached hydrogen (secondary N) is 1. The van der Waals surface area contributed by atoms with Gasteiger partial charge in [0.2, 0.25) is 0 Å². The van der Waals surface area contributed by atoms with Crippen LogP contribution >= 0.6 is 11.3 Å². The monoisotopic (exact) mass is 280 g/mol. The molecule has 5 nitrogen and oxygen atoms in total. The molecule has 0 bridgehead atoms. The molecule has 0 amide bonds. The maximum absolute atomic E-state index is 11.2. The minimum Gasteiger partial charge on any atom is -0.508 e. The molecule has 0 radical (unpaired) electrons. The Bertz CT molecular complexity index is 628. The van der Waals surface area contributed by atoms with Gasteiger partial charge in [-0.05, 0) is 18.1 Å². The zero-order valence-electron chi connectivity index (χ0n) is 10.5. The fraction of sp³-hybridized carbons (Fsp3) is 0.462. The SMILES string of the molecule is O=c1oc2cc(CCN3CCNCC3)c(O)cc2s1. The summed E-state index contributed by atoms with van der Waals surface area (Å²) in [4.78, 5) is 13.2. The summed E-state index contributed by atoms with van der Waals surface area (Å²) in [5.41, 5.74) is 1.41. The first-order chi connectivity index (χ1) is 9.22. The smallest absolute Gasteiger partial charge is 0.396 e. The van der Waals surface area contributed by atoms with Crippen molar-refractivity contribution < 1.29 is 9.52 Å². The lowest BCUT2D eigenvalue weighted by atomic mass is 10.1. The van der Waals surface area contributed by atoms with Gasteiger partial charge in [0.25, 0.3) is 0 Å². The molecule has 0 saturated carbocycles. The first-order valence-electron chi connectivity index (χ1n) is 6.41. The van der Waals surface area contributed by atoms with Crippen LogP contribution in [0.5, 0.6) is 5.75 Å². The molecule has 1 aliphatic rings. The summed E-state index contributed by atoms with van der Waals surface area (Å²) in [7, 11) is 0. The van der Waals surface area contributed by atoms with Gasteiger partial charge in [-0.25, -0.2) is 4.79 Å². The molecule has 0 spiro atoms. The average molecular weight is 280 g/mol. The lowest BCUT2D eigenvalue weighted by Gasteiger charge is -2.27. The Morgan fingerprint density at radius 2 is 2.16 bits per heavy atom. The number of fused-ring (bicyclic) bond motifs is 1. The van der Waals surface area contributed by atoms with Crippen molar-refractivity contribution in [3.8, 4) is 5.75 Å². The van der Waals surface area contributed by atoms with Crippen LogP contribution in [0.15, 0.2) is 21.3 Å². The fourth-order valence-electron chi connectivity index (χ4n) is 2.36. The first-order valence-corrected chi connectivity index (χ1v) is 7.22. The van der Waals surface area contributed by atoms with E-state index in [4.69, 9.17) is 4.42 Å².